The van der Waals surface area contributed by atoms with Gasteiger partial charge in [0.05, 0.1) is 16.8 Å². The molecule has 0 saturated heterocycles. The molecule has 0 unspecified atom stereocenters. The van der Waals surface area contributed by atoms with Gasteiger partial charge in [0.2, 0.25) is 0 Å². The van der Waals surface area contributed by atoms with Gasteiger partial charge in [0.15, 0.2) is 0 Å². The number of halogens is 1. The summed E-state index contributed by atoms with van der Waals surface area (Å²) >= 11 is 5.81. The van der Waals surface area contributed by atoms with Crippen LogP contribution in [-0.2, 0) is 0 Å². The maximum atomic E-state index is 12.0. The summed E-state index contributed by atoms with van der Waals surface area (Å²) in [6.45, 7) is 1.68. The van der Waals surface area contributed by atoms with E-state index in [1.807, 2.05) is 0 Å². The standard InChI is InChI=1S/C15H15ClN2O2/c1-9(19)10-2-5-12(6-3-10)18-15(20)11-4-7-13(16)14(17)8-11/h2-9,19H,17H2,1H3,(H,18,20)/t9-/m0/s1. The molecule has 0 aliphatic rings. The van der Waals surface area contributed by atoms with Gasteiger partial charge in [-0.3, -0.25) is 4.79 Å². The van der Waals surface area contributed by atoms with E-state index in [9.17, 15) is 9.90 Å². The number of anilines is 2. The number of hydrogen-bond acceptors (Lipinski definition) is 3. The smallest absolute Gasteiger partial charge is 0.255 e. The summed E-state index contributed by atoms with van der Waals surface area (Å²) in [7, 11) is 0. The monoisotopic (exact) mass is 290 g/mol. The van der Waals surface area contributed by atoms with Gasteiger partial charge in [0.1, 0.15) is 0 Å². The topological polar surface area (TPSA) is 75.3 Å². The maximum Gasteiger partial charge on any atom is 0.255 e. The number of amides is 1. The first-order chi connectivity index (χ1) is 9.47. The summed E-state index contributed by atoms with van der Waals surface area (Å²) in [5.41, 5.74) is 7.90. The van der Waals surface area contributed by atoms with E-state index >= 15 is 0 Å². The Hall–Kier alpha value is -2.04. The zero-order valence-corrected chi connectivity index (χ0v) is 11.7. The van der Waals surface area contributed by atoms with Crippen molar-refractivity contribution in [2.24, 2.45) is 0 Å². The lowest BCUT2D eigenvalue weighted by atomic mass is 10.1. The fourth-order valence-electron chi connectivity index (χ4n) is 1.73. The van der Waals surface area contributed by atoms with Crippen LogP contribution in [0.25, 0.3) is 0 Å². The molecule has 0 aliphatic carbocycles. The molecule has 4 nitrogen and oxygen atoms in total. The van der Waals surface area contributed by atoms with E-state index < -0.39 is 6.10 Å². The number of benzene rings is 2. The van der Waals surface area contributed by atoms with Crippen molar-refractivity contribution >= 4 is 28.9 Å². The summed E-state index contributed by atoms with van der Waals surface area (Å²) in [5, 5.41) is 12.6. The van der Waals surface area contributed by atoms with Gasteiger partial charge in [-0.1, -0.05) is 23.7 Å². The van der Waals surface area contributed by atoms with Crippen LogP contribution in [0.4, 0.5) is 11.4 Å². The molecular weight excluding hydrogens is 276 g/mol. The molecule has 0 fully saturated rings. The SMILES string of the molecule is C[C@H](O)c1ccc(NC(=O)c2ccc(Cl)c(N)c2)cc1. The Morgan fingerprint density at radius 3 is 2.45 bits per heavy atom. The summed E-state index contributed by atoms with van der Waals surface area (Å²) in [5.74, 6) is -0.266. The van der Waals surface area contributed by atoms with Gasteiger partial charge in [0, 0.05) is 11.3 Å². The average molecular weight is 291 g/mol. The number of hydrogen-bond donors (Lipinski definition) is 3. The van der Waals surface area contributed by atoms with E-state index in [0.29, 0.717) is 22.0 Å². The number of aliphatic hydroxyl groups excluding tert-OH is 1. The van der Waals surface area contributed by atoms with E-state index in [0.717, 1.165) is 5.56 Å². The van der Waals surface area contributed by atoms with E-state index in [1.54, 1.807) is 43.3 Å². The number of carbonyl (C=O) groups excluding carboxylic acids is 1. The Kier molecular flexibility index (Phi) is 4.27. The van der Waals surface area contributed by atoms with Gasteiger partial charge in [-0.25, -0.2) is 0 Å². The lowest BCUT2D eigenvalue weighted by Gasteiger charge is -2.08. The zero-order chi connectivity index (χ0) is 14.7. The average Bonchev–Trinajstić information content (AvgIpc) is 2.42. The largest absolute Gasteiger partial charge is 0.398 e. The molecule has 104 valence electrons. The van der Waals surface area contributed by atoms with Crippen molar-refractivity contribution in [1.82, 2.24) is 0 Å². The predicted molar refractivity (Wildman–Crippen MR) is 80.9 cm³/mol. The predicted octanol–water partition coefficient (Wildman–Crippen LogP) is 3.23. The molecule has 0 saturated carbocycles. The molecule has 0 aromatic heterocycles. The van der Waals surface area contributed by atoms with Gasteiger partial charge in [-0.15, -0.1) is 0 Å². The highest BCUT2D eigenvalue weighted by atomic mass is 35.5. The van der Waals surface area contributed by atoms with Gasteiger partial charge in [-0.2, -0.15) is 0 Å². The highest BCUT2D eigenvalue weighted by Crippen LogP contribution is 2.21. The zero-order valence-electron chi connectivity index (χ0n) is 10.9. The van der Waals surface area contributed by atoms with Gasteiger partial charge in [0.25, 0.3) is 5.91 Å². The highest BCUT2D eigenvalue weighted by Gasteiger charge is 2.08. The van der Waals surface area contributed by atoms with Crippen molar-refractivity contribution < 1.29 is 9.90 Å². The van der Waals surface area contributed by atoms with Crippen molar-refractivity contribution in [3.8, 4) is 0 Å². The van der Waals surface area contributed by atoms with Gasteiger partial charge >= 0.3 is 0 Å². The number of nitrogens with two attached hydrogens (primary N) is 1. The fraction of sp³-hybridized carbons (Fsp3) is 0.133. The van der Waals surface area contributed by atoms with Crippen LogP contribution < -0.4 is 11.1 Å². The minimum Gasteiger partial charge on any atom is -0.398 e. The van der Waals surface area contributed by atoms with Crippen LogP contribution in [0.5, 0.6) is 0 Å². The molecule has 1 atom stereocenters. The number of nitrogens with one attached hydrogen (secondary N) is 1. The highest BCUT2D eigenvalue weighted by molar-refractivity contribution is 6.33. The summed E-state index contributed by atoms with van der Waals surface area (Å²) in [6, 6.07) is 11.7. The first kappa shape index (κ1) is 14.4. The summed E-state index contributed by atoms with van der Waals surface area (Å²) in [4.78, 5) is 12.0. The number of nitrogen functional groups attached to an aromatic ring is 1. The van der Waals surface area contributed by atoms with Crippen LogP contribution in [-0.4, -0.2) is 11.0 Å². The lowest BCUT2D eigenvalue weighted by Crippen LogP contribution is -2.12. The fourth-order valence-corrected chi connectivity index (χ4v) is 1.85. The van der Waals surface area contributed by atoms with Crippen molar-refractivity contribution in [2.75, 3.05) is 11.1 Å². The minimum absolute atomic E-state index is 0.266. The number of rotatable bonds is 3. The third-order valence-electron chi connectivity index (χ3n) is 2.91. The van der Waals surface area contributed by atoms with Crippen LogP contribution in [0.15, 0.2) is 42.5 Å². The molecule has 0 aliphatic heterocycles. The normalized spacial score (nSPS) is 11.9. The van der Waals surface area contributed by atoms with Gasteiger partial charge in [-0.05, 0) is 42.8 Å². The first-order valence-electron chi connectivity index (χ1n) is 6.12. The Morgan fingerprint density at radius 2 is 1.90 bits per heavy atom. The van der Waals surface area contributed by atoms with Crippen molar-refractivity contribution in [2.45, 2.75) is 13.0 Å². The molecule has 4 N–H and O–H groups in total. The quantitative estimate of drug-likeness (QED) is 0.760. The van der Waals surface area contributed by atoms with E-state index in [2.05, 4.69) is 5.32 Å². The minimum atomic E-state index is -0.532. The van der Waals surface area contributed by atoms with Crippen LogP contribution >= 0.6 is 11.6 Å². The molecular formula is C15H15ClN2O2. The van der Waals surface area contributed by atoms with Crippen LogP contribution in [0, 0.1) is 0 Å². The first-order valence-corrected chi connectivity index (χ1v) is 6.49. The second-order valence-electron chi connectivity index (χ2n) is 4.49. The van der Waals surface area contributed by atoms with E-state index in [4.69, 9.17) is 17.3 Å². The molecule has 2 rings (SSSR count). The maximum absolute atomic E-state index is 12.0. The third-order valence-corrected chi connectivity index (χ3v) is 3.25. The van der Waals surface area contributed by atoms with Crippen molar-refractivity contribution in [1.29, 1.82) is 0 Å². The van der Waals surface area contributed by atoms with Crippen LogP contribution in [0.1, 0.15) is 28.9 Å². The molecule has 1 amide bonds. The second-order valence-corrected chi connectivity index (χ2v) is 4.90. The molecule has 0 bridgehead atoms. The Bertz CT molecular complexity index is 624. The number of aliphatic hydroxyl groups is 1. The summed E-state index contributed by atoms with van der Waals surface area (Å²) < 4.78 is 0. The number of carbonyl (C=O) groups is 1. The molecule has 2 aromatic rings. The molecule has 0 spiro atoms. The van der Waals surface area contributed by atoms with Gasteiger partial charge < -0.3 is 16.2 Å². The van der Waals surface area contributed by atoms with Crippen molar-refractivity contribution in [3.63, 3.8) is 0 Å². The van der Waals surface area contributed by atoms with Crippen molar-refractivity contribution in [3.05, 3.63) is 58.6 Å². The molecule has 5 heteroatoms. The Labute approximate surface area is 122 Å². The Balaban J connectivity index is 2.12. The molecule has 2 aromatic carbocycles. The van der Waals surface area contributed by atoms with Crippen LogP contribution in [0.3, 0.4) is 0 Å². The molecule has 20 heavy (non-hydrogen) atoms. The summed E-state index contributed by atoms with van der Waals surface area (Å²) in [6.07, 6.45) is -0.532. The van der Waals surface area contributed by atoms with E-state index in [1.165, 1.54) is 6.07 Å². The lowest BCUT2D eigenvalue weighted by molar-refractivity contribution is 0.102. The Morgan fingerprint density at radius 1 is 1.25 bits per heavy atom. The molecule has 0 radical (unpaired) electrons. The third kappa shape index (κ3) is 3.29. The molecule has 0 heterocycles. The second kappa shape index (κ2) is 5.94. The van der Waals surface area contributed by atoms with Crippen LogP contribution in [0.2, 0.25) is 5.02 Å². The van der Waals surface area contributed by atoms with E-state index in [-0.39, 0.29) is 5.91 Å².